The van der Waals surface area contributed by atoms with E-state index in [2.05, 4.69) is 51.3 Å². The number of unbranched alkanes of at least 4 members (excludes halogenated alkanes) is 7. The number of rotatable bonds is 22. The van der Waals surface area contributed by atoms with Gasteiger partial charge in [0.05, 0.1) is 5.75 Å². The van der Waals surface area contributed by atoms with Crippen molar-refractivity contribution in [1.82, 2.24) is 10.6 Å². The van der Waals surface area contributed by atoms with Gasteiger partial charge in [0.1, 0.15) is 17.5 Å². The lowest BCUT2D eigenvalue weighted by Crippen LogP contribution is -2.51. The third-order valence-electron chi connectivity index (χ3n) is 14.1. The van der Waals surface area contributed by atoms with Crippen LogP contribution in [0.4, 0.5) is 4.79 Å². The molecule has 0 heterocycles. The number of esters is 1. The maximum atomic E-state index is 12.8. The smallest absolute Gasteiger partial charge is 0.407 e. The van der Waals surface area contributed by atoms with Crippen molar-refractivity contribution in [2.45, 2.75) is 189 Å². The van der Waals surface area contributed by atoms with Crippen LogP contribution in [0, 0.1) is 46.3 Å². The average Bonchev–Trinajstić information content (AvgIpc) is 3.47. The molecule has 0 aromatic carbocycles. The number of hydrogen-bond acceptors (Lipinski definition) is 7. The highest BCUT2D eigenvalue weighted by molar-refractivity contribution is 8.77. The molecule has 316 valence electrons. The van der Waals surface area contributed by atoms with Crippen LogP contribution in [-0.4, -0.2) is 54.3 Å². The Kier molecular flexibility index (Phi) is 18.7. The topological polar surface area (TPSA) is 93.7 Å². The molecule has 0 radical (unpaired) electrons. The fraction of sp³-hybridized carbons (Fsp3) is 0.891. The summed E-state index contributed by atoms with van der Waals surface area (Å²) in [6.45, 7) is 19.5. The van der Waals surface area contributed by atoms with Gasteiger partial charge < -0.3 is 20.1 Å². The molecule has 2 N–H and O–H groups in total. The lowest BCUT2D eigenvalue weighted by molar-refractivity contribution is -0.148. The summed E-state index contributed by atoms with van der Waals surface area (Å²) < 4.78 is 11.3. The van der Waals surface area contributed by atoms with E-state index >= 15 is 0 Å². The molecule has 4 rings (SSSR count). The van der Waals surface area contributed by atoms with Crippen molar-refractivity contribution in [1.29, 1.82) is 0 Å². The minimum atomic E-state index is -0.456. The fourth-order valence-electron chi connectivity index (χ4n) is 11.3. The molecule has 0 unspecified atom stereocenters. The molecule has 0 bridgehead atoms. The van der Waals surface area contributed by atoms with Gasteiger partial charge in [0, 0.05) is 19.5 Å². The number of carbonyl (C=O) groups is 3. The second kappa shape index (κ2) is 22.1. The number of ether oxygens (including phenoxy) is 2. The summed E-state index contributed by atoms with van der Waals surface area (Å²) >= 11 is 0. The normalized spacial score (nSPS) is 29.4. The van der Waals surface area contributed by atoms with E-state index in [1.54, 1.807) is 5.57 Å². The number of carbonyl (C=O) groups excluding carboxylic acids is 3. The molecule has 4 aliphatic carbocycles. The predicted molar refractivity (Wildman–Crippen MR) is 232 cm³/mol. The quantitative estimate of drug-likeness (QED) is 0.0487. The first-order valence-corrected chi connectivity index (χ1v) is 25.0. The fourth-order valence-corrected chi connectivity index (χ4v) is 12.9. The van der Waals surface area contributed by atoms with Gasteiger partial charge in [-0.15, -0.1) is 0 Å². The third-order valence-corrected chi connectivity index (χ3v) is 16.2. The van der Waals surface area contributed by atoms with E-state index in [-0.39, 0.29) is 35.2 Å². The lowest BCUT2D eigenvalue weighted by Gasteiger charge is -2.58. The van der Waals surface area contributed by atoms with Crippen LogP contribution in [0.25, 0.3) is 0 Å². The molecule has 0 aliphatic heterocycles. The van der Waals surface area contributed by atoms with Gasteiger partial charge in [-0.3, -0.25) is 9.59 Å². The molecule has 7 nitrogen and oxygen atoms in total. The molecule has 3 fully saturated rings. The largest absolute Gasteiger partial charge is 0.461 e. The van der Waals surface area contributed by atoms with Crippen LogP contribution in [0.5, 0.6) is 0 Å². The first kappa shape index (κ1) is 46.3. The maximum Gasteiger partial charge on any atom is 0.407 e. The zero-order valence-corrected chi connectivity index (χ0v) is 37.9. The first-order valence-electron chi connectivity index (χ1n) is 22.5. The van der Waals surface area contributed by atoms with Gasteiger partial charge in [-0.05, 0) is 125 Å². The van der Waals surface area contributed by atoms with Gasteiger partial charge in [0.15, 0.2) is 0 Å². The Labute approximate surface area is 344 Å². The Hall–Kier alpha value is -1.35. The zero-order valence-electron chi connectivity index (χ0n) is 36.2. The van der Waals surface area contributed by atoms with Gasteiger partial charge in [-0.1, -0.05) is 126 Å². The third kappa shape index (κ3) is 14.2. The van der Waals surface area contributed by atoms with Crippen molar-refractivity contribution < 1.29 is 23.9 Å². The van der Waals surface area contributed by atoms with E-state index in [4.69, 9.17) is 9.47 Å². The molecule has 2 amide bonds. The Bertz CT molecular complexity index is 1250. The molecular weight excluding hydrogens is 725 g/mol. The highest BCUT2D eigenvalue weighted by Crippen LogP contribution is 2.67. The van der Waals surface area contributed by atoms with E-state index in [0.29, 0.717) is 24.3 Å². The number of nitrogens with one attached hydrogen (secondary N) is 2. The number of hydrogen-bond donors (Lipinski definition) is 2. The average molecular weight is 805 g/mol. The van der Waals surface area contributed by atoms with Crippen LogP contribution in [0.1, 0.15) is 177 Å². The summed E-state index contributed by atoms with van der Waals surface area (Å²) in [4.78, 5) is 36.8. The Balaban J connectivity index is 1.03. The molecule has 3 saturated carbocycles. The molecule has 8 atom stereocenters. The van der Waals surface area contributed by atoms with Crippen LogP contribution in [-0.2, 0) is 19.1 Å². The van der Waals surface area contributed by atoms with Crippen molar-refractivity contribution in [3.05, 3.63) is 11.6 Å². The summed E-state index contributed by atoms with van der Waals surface area (Å²) in [6.07, 6.45) is 25.2. The minimum absolute atomic E-state index is 0.0122. The zero-order chi connectivity index (χ0) is 40.1. The van der Waals surface area contributed by atoms with Crippen LogP contribution < -0.4 is 10.6 Å². The first-order chi connectivity index (χ1) is 26.1. The van der Waals surface area contributed by atoms with E-state index in [0.717, 1.165) is 80.5 Å². The number of alkyl carbamates (subject to hydrolysis) is 1. The molecule has 9 heteroatoms. The van der Waals surface area contributed by atoms with Crippen LogP contribution in [0.2, 0.25) is 0 Å². The van der Waals surface area contributed by atoms with E-state index in [9.17, 15) is 14.4 Å². The summed E-state index contributed by atoms with van der Waals surface area (Å²) in [7, 11) is 2.88. The molecule has 0 aromatic heterocycles. The van der Waals surface area contributed by atoms with Crippen LogP contribution in [0.15, 0.2) is 11.6 Å². The molecule has 4 aliphatic rings. The maximum absolute atomic E-state index is 12.8. The highest BCUT2D eigenvalue weighted by atomic mass is 33.1. The Morgan fingerprint density at radius 1 is 0.800 bits per heavy atom. The van der Waals surface area contributed by atoms with Gasteiger partial charge >= 0.3 is 12.1 Å². The molecular formula is C46H80N2O5S2. The summed E-state index contributed by atoms with van der Waals surface area (Å²) in [5.74, 6) is 5.54. The van der Waals surface area contributed by atoms with Gasteiger partial charge in [0.25, 0.3) is 0 Å². The van der Waals surface area contributed by atoms with E-state index in [1.807, 2.05) is 20.8 Å². The van der Waals surface area contributed by atoms with Crippen molar-refractivity contribution in [3.8, 4) is 0 Å². The van der Waals surface area contributed by atoms with Crippen molar-refractivity contribution in [2.75, 3.05) is 24.6 Å². The Morgan fingerprint density at radius 3 is 2.13 bits per heavy atom. The second-order valence-corrected chi connectivity index (χ2v) is 22.2. The molecule has 0 spiro atoms. The predicted octanol–water partition coefficient (Wildman–Crippen LogP) is 12.1. The highest BCUT2D eigenvalue weighted by Gasteiger charge is 2.59. The standard InChI is InChI=1S/C46H80N2O5S2/c1-33(2)18-17-19-34(3)38-22-23-39-37-21-20-35-30-36(24-26-45(35,7)40(37)25-27-46(38,39)8)52-42(50)32-55-54-31-41(49)47-28-15-13-11-9-10-12-14-16-29-48-43(51)53-44(4,5)6/h20,33-34,36-40H,9-19,21-32H2,1-8H3,(H,47,49)(H,48,51)/t34-,36+,37+,38-,39+,40+,45+,46-/m1/s1. The summed E-state index contributed by atoms with van der Waals surface area (Å²) in [5, 5.41) is 5.84. The lowest BCUT2D eigenvalue weighted by atomic mass is 9.47. The van der Waals surface area contributed by atoms with Crippen LogP contribution >= 0.6 is 21.6 Å². The van der Waals surface area contributed by atoms with E-state index < -0.39 is 5.60 Å². The second-order valence-electron chi connectivity index (χ2n) is 19.8. The van der Waals surface area contributed by atoms with Gasteiger partial charge in [0.2, 0.25) is 5.91 Å². The monoisotopic (exact) mass is 805 g/mol. The van der Waals surface area contributed by atoms with Crippen molar-refractivity contribution in [3.63, 3.8) is 0 Å². The molecule has 0 saturated heterocycles. The minimum Gasteiger partial charge on any atom is -0.461 e. The van der Waals surface area contributed by atoms with Crippen LogP contribution in [0.3, 0.4) is 0 Å². The van der Waals surface area contributed by atoms with Gasteiger partial charge in [-0.25, -0.2) is 4.79 Å². The molecule has 55 heavy (non-hydrogen) atoms. The van der Waals surface area contributed by atoms with Gasteiger partial charge in [-0.2, -0.15) is 0 Å². The molecule has 0 aromatic rings. The summed E-state index contributed by atoms with van der Waals surface area (Å²) in [5.41, 5.74) is 1.88. The van der Waals surface area contributed by atoms with Crippen molar-refractivity contribution in [2.24, 2.45) is 46.3 Å². The number of fused-ring (bicyclic) bond motifs is 5. The number of allylic oxidation sites excluding steroid dienone is 1. The Morgan fingerprint density at radius 2 is 1.45 bits per heavy atom. The summed E-state index contributed by atoms with van der Waals surface area (Å²) in [6, 6.07) is 0. The number of amides is 2. The van der Waals surface area contributed by atoms with E-state index in [1.165, 1.54) is 98.6 Å². The SMILES string of the molecule is CC(C)CCC[C@@H](C)[C@H]1CC[C@H]2[C@@H]3CC=C4C[C@@H](OC(=O)CSSCC(=O)NCCCCCCCCCCNC(=O)OC(C)(C)C)CC[C@]4(C)[C@H]3CC[C@]12C. The van der Waals surface area contributed by atoms with Crippen molar-refractivity contribution >= 4 is 39.6 Å².